The summed E-state index contributed by atoms with van der Waals surface area (Å²) in [5.41, 5.74) is 0. The lowest BCUT2D eigenvalue weighted by atomic mass is 9.79. The van der Waals surface area contributed by atoms with Crippen LogP contribution in [-0.4, -0.2) is 23.8 Å². The molecular weight excluding hydrogens is 174 g/mol. The number of aliphatic hydroxyl groups is 1. The lowest BCUT2D eigenvalue weighted by molar-refractivity contribution is 0.132. The van der Waals surface area contributed by atoms with Gasteiger partial charge in [-0.05, 0) is 31.6 Å². The van der Waals surface area contributed by atoms with Gasteiger partial charge in [0.2, 0.25) is 0 Å². The lowest BCUT2D eigenvalue weighted by Crippen LogP contribution is -2.47. The highest BCUT2D eigenvalue weighted by molar-refractivity contribution is 4.85. The highest BCUT2D eigenvalue weighted by Gasteiger charge is 2.28. The molecule has 1 atom stereocenters. The molecule has 2 aliphatic carbocycles. The van der Waals surface area contributed by atoms with E-state index < -0.39 is 0 Å². The molecule has 2 fully saturated rings. The van der Waals surface area contributed by atoms with Gasteiger partial charge < -0.3 is 10.4 Å². The molecule has 2 nitrogen and oxygen atoms in total. The Labute approximate surface area is 87.1 Å². The molecule has 0 saturated heterocycles. The molecule has 2 aliphatic rings. The van der Waals surface area contributed by atoms with Crippen LogP contribution in [0.3, 0.4) is 0 Å². The first-order valence-electron chi connectivity index (χ1n) is 6.27. The molecule has 0 radical (unpaired) electrons. The van der Waals surface area contributed by atoms with Gasteiger partial charge in [0.25, 0.3) is 0 Å². The summed E-state index contributed by atoms with van der Waals surface area (Å²) >= 11 is 0. The van der Waals surface area contributed by atoms with Gasteiger partial charge in [-0.1, -0.05) is 25.7 Å². The van der Waals surface area contributed by atoms with Crippen molar-refractivity contribution < 1.29 is 5.11 Å². The normalized spacial score (nSPS) is 27.2. The topological polar surface area (TPSA) is 32.3 Å². The van der Waals surface area contributed by atoms with Crippen LogP contribution in [0, 0.1) is 5.92 Å². The van der Waals surface area contributed by atoms with Gasteiger partial charge in [-0.3, -0.25) is 0 Å². The highest BCUT2D eigenvalue weighted by atomic mass is 16.3. The van der Waals surface area contributed by atoms with Crippen molar-refractivity contribution in [1.82, 2.24) is 5.32 Å². The maximum atomic E-state index is 9.33. The van der Waals surface area contributed by atoms with E-state index in [1.54, 1.807) is 0 Å². The summed E-state index contributed by atoms with van der Waals surface area (Å²) in [6.45, 7) is 0.334. The van der Waals surface area contributed by atoms with Crippen LogP contribution < -0.4 is 5.32 Å². The average Bonchev–Trinajstić information content (AvgIpc) is 2.15. The number of hydrogen-bond donors (Lipinski definition) is 2. The van der Waals surface area contributed by atoms with Crippen molar-refractivity contribution in [2.75, 3.05) is 6.61 Å². The van der Waals surface area contributed by atoms with Crippen molar-refractivity contribution in [1.29, 1.82) is 0 Å². The molecule has 0 bridgehead atoms. The van der Waals surface area contributed by atoms with E-state index >= 15 is 0 Å². The third-order valence-electron chi connectivity index (χ3n) is 3.97. The Hall–Kier alpha value is -0.0800. The molecule has 0 aromatic rings. The Balaban J connectivity index is 1.74. The maximum Gasteiger partial charge on any atom is 0.0587 e. The van der Waals surface area contributed by atoms with Crippen molar-refractivity contribution in [2.24, 2.45) is 5.92 Å². The fraction of sp³-hybridized carbons (Fsp3) is 1.00. The van der Waals surface area contributed by atoms with E-state index in [4.69, 9.17) is 0 Å². The summed E-state index contributed by atoms with van der Waals surface area (Å²) in [4.78, 5) is 0. The first kappa shape index (κ1) is 10.4. The summed E-state index contributed by atoms with van der Waals surface area (Å²) in [6.07, 6.45) is 10.8. The Bertz CT molecular complexity index is 162. The first-order chi connectivity index (χ1) is 6.90. The van der Waals surface area contributed by atoms with Crippen LogP contribution >= 0.6 is 0 Å². The standard InChI is InChI=1S/C12H23NO/c14-9-12(10-5-4-6-10)13-11-7-2-1-3-8-11/h10-14H,1-9H2. The van der Waals surface area contributed by atoms with E-state index in [2.05, 4.69) is 5.32 Å². The molecule has 0 aromatic carbocycles. The van der Waals surface area contributed by atoms with E-state index in [0.717, 1.165) is 5.92 Å². The summed E-state index contributed by atoms with van der Waals surface area (Å²) in [5.74, 6) is 0.766. The molecule has 1 unspecified atom stereocenters. The van der Waals surface area contributed by atoms with Gasteiger partial charge in [-0.15, -0.1) is 0 Å². The Morgan fingerprint density at radius 3 is 2.21 bits per heavy atom. The summed E-state index contributed by atoms with van der Waals surface area (Å²) < 4.78 is 0. The Kier molecular flexibility index (Phi) is 3.82. The zero-order valence-electron chi connectivity index (χ0n) is 9.04. The van der Waals surface area contributed by atoms with Gasteiger partial charge in [-0.2, -0.15) is 0 Å². The molecule has 82 valence electrons. The zero-order valence-corrected chi connectivity index (χ0v) is 9.04. The van der Waals surface area contributed by atoms with Crippen molar-refractivity contribution in [3.8, 4) is 0 Å². The zero-order chi connectivity index (χ0) is 9.80. The third-order valence-corrected chi connectivity index (χ3v) is 3.97. The minimum Gasteiger partial charge on any atom is -0.395 e. The first-order valence-corrected chi connectivity index (χ1v) is 6.27. The molecule has 0 aromatic heterocycles. The average molecular weight is 197 g/mol. The second-order valence-electron chi connectivity index (χ2n) is 4.98. The van der Waals surface area contributed by atoms with E-state index in [0.29, 0.717) is 18.7 Å². The molecular formula is C12H23NO. The van der Waals surface area contributed by atoms with Crippen LogP contribution in [0.2, 0.25) is 0 Å². The van der Waals surface area contributed by atoms with E-state index in [-0.39, 0.29) is 0 Å². The van der Waals surface area contributed by atoms with Gasteiger partial charge in [0, 0.05) is 12.1 Å². The number of rotatable bonds is 4. The molecule has 2 N–H and O–H groups in total. The Morgan fingerprint density at radius 2 is 1.71 bits per heavy atom. The van der Waals surface area contributed by atoms with Crippen LogP contribution in [0.15, 0.2) is 0 Å². The minimum absolute atomic E-state index is 0.334. The second-order valence-corrected chi connectivity index (χ2v) is 4.98. The fourth-order valence-corrected chi connectivity index (χ4v) is 2.75. The van der Waals surface area contributed by atoms with Crippen LogP contribution in [0.1, 0.15) is 51.4 Å². The maximum absolute atomic E-state index is 9.33. The van der Waals surface area contributed by atoms with Crippen LogP contribution in [0.25, 0.3) is 0 Å². The Morgan fingerprint density at radius 1 is 1.00 bits per heavy atom. The quantitative estimate of drug-likeness (QED) is 0.723. The molecule has 2 saturated carbocycles. The number of hydrogen-bond acceptors (Lipinski definition) is 2. The minimum atomic E-state index is 0.334. The highest BCUT2D eigenvalue weighted by Crippen LogP contribution is 2.30. The molecule has 14 heavy (non-hydrogen) atoms. The number of nitrogens with one attached hydrogen (secondary N) is 1. The van der Waals surface area contributed by atoms with Gasteiger partial charge in [0.15, 0.2) is 0 Å². The predicted molar refractivity (Wildman–Crippen MR) is 58.2 cm³/mol. The summed E-state index contributed by atoms with van der Waals surface area (Å²) in [7, 11) is 0. The smallest absolute Gasteiger partial charge is 0.0587 e. The molecule has 2 heteroatoms. The monoisotopic (exact) mass is 197 g/mol. The van der Waals surface area contributed by atoms with Gasteiger partial charge in [0.05, 0.1) is 6.61 Å². The van der Waals surface area contributed by atoms with Crippen molar-refractivity contribution in [3.05, 3.63) is 0 Å². The van der Waals surface area contributed by atoms with Crippen LogP contribution in [-0.2, 0) is 0 Å². The largest absolute Gasteiger partial charge is 0.395 e. The summed E-state index contributed by atoms with van der Waals surface area (Å²) in [5, 5.41) is 13.0. The molecule has 0 heterocycles. The fourth-order valence-electron chi connectivity index (χ4n) is 2.75. The number of aliphatic hydroxyl groups excluding tert-OH is 1. The molecule has 2 rings (SSSR count). The van der Waals surface area contributed by atoms with Crippen molar-refractivity contribution in [3.63, 3.8) is 0 Å². The van der Waals surface area contributed by atoms with Crippen molar-refractivity contribution in [2.45, 2.75) is 63.5 Å². The molecule has 0 spiro atoms. The van der Waals surface area contributed by atoms with Gasteiger partial charge in [-0.25, -0.2) is 0 Å². The van der Waals surface area contributed by atoms with Gasteiger partial charge >= 0.3 is 0 Å². The van der Waals surface area contributed by atoms with E-state index in [9.17, 15) is 5.11 Å². The van der Waals surface area contributed by atoms with E-state index in [1.165, 1.54) is 51.4 Å². The predicted octanol–water partition coefficient (Wildman–Crippen LogP) is 2.07. The second kappa shape index (κ2) is 5.13. The van der Waals surface area contributed by atoms with E-state index in [1.807, 2.05) is 0 Å². The SMILES string of the molecule is OCC(NC1CCCCC1)C1CCC1. The van der Waals surface area contributed by atoms with Gasteiger partial charge in [0.1, 0.15) is 0 Å². The van der Waals surface area contributed by atoms with Crippen LogP contribution in [0.5, 0.6) is 0 Å². The molecule has 0 amide bonds. The van der Waals surface area contributed by atoms with Crippen LogP contribution in [0.4, 0.5) is 0 Å². The molecule has 0 aliphatic heterocycles. The summed E-state index contributed by atoms with van der Waals surface area (Å²) in [6, 6.07) is 1.09. The van der Waals surface area contributed by atoms with Crippen molar-refractivity contribution >= 4 is 0 Å². The lowest BCUT2D eigenvalue weighted by Gasteiger charge is -2.36. The third kappa shape index (κ3) is 2.48.